The lowest BCUT2D eigenvalue weighted by molar-refractivity contribution is -0.152. The fourth-order valence-electron chi connectivity index (χ4n) is 2.22. The van der Waals surface area contributed by atoms with E-state index in [1.54, 1.807) is 32.9 Å². The van der Waals surface area contributed by atoms with Gasteiger partial charge >= 0.3 is 18.0 Å². The molecular weight excluding hydrogens is 352 g/mol. The number of hydrogen-bond donors (Lipinski definition) is 3. The van der Waals surface area contributed by atoms with Gasteiger partial charge < -0.3 is 20.5 Å². The second kappa shape index (κ2) is 8.35. The van der Waals surface area contributed by atoms with E-state index < -0.39 is 23.5 Å². The molecular formula is C18H22N4O5. The number of carbonyl (C=O) groups excluding carboxylic acids is 2. The van der Waals surface area contributed by atoms with E-state index in [1.165, 1.54) is 29.2 Å². The van der Waals surface area contributed by atoms with E-state index in [4.69, 9.17) is 9.84 Å². The number of aromatic carboxylic acids is 1. The van der Waals surface area contributed by atoms with Crippen LogP contribution in [0, 0.1) is 0 Å². The Labute approximate surface area is 156 Å². The summed E-state index contributed by atoms with van der Waals surface area (Å²) in [6.45, 7) is 5.56. The lowest BCUT2D eigenvalue weighted by Gasteiger charge is -2.22. The van der Waals surface area contributed by atoms with Gasteiger partial charge in [-0.05, 0) is 38.5 Å². The minimum atomic E-state index is -1.00. The highest BCUT2D eigenvalue weighted by molar-refractivity contribution is 5.89. The van der Waals surface area contributed by atoms with Crippen molar-refractivity contribution < 1.29 is 24.2 Å². The van der Waals surface area contributed by atoms with E-state index in [9.17, 15) is 14.4 Å². The smallest absolute Gasteiger partial charge is 0.335 e. The third kappa shape index (κ3) is 5.06. The third-order valence-corrected chi connectivity index (χ3v) is 3.84. The maximum absolute atomic E-state index is 12.0. The summed E-state index contributed by atoms with van der Waals surface area (Å²) in [6.07, 6.45) is 2.97. The predicted octanol–water partition coefficient (Wildman–Crippen LogP) is 2.20. The standard InChI is InChI=1S/C18H22N4O5/c1-4-27-16(25)18(2,3)22-11-14(10-20-22)21-17(26)19-9-12-5-7-13(8-6-12)15(23)24/h5-8,10-11H,4,9H2,1-3H3,(H,23,24)(H2,19,21,26). The maximum atomic E-state index is 12.0. The number of nitrogens with one attached hydrogen (secondary N) is 2. The lowest BCUT2D eigenvalue weighted by Crippen LogP contribution is -2.37. The quantitative estimate of drug-likeness (QED) is 0.639. The van der Waals surface area contributed by atoms with Crippen molar-refractivity contribution in [1.82, 2.24) is 15.1 Å². The van der Waals surface area contributed by atoms with E-state index in [0.717, 1.165) is 5.56 Å². The van der Waals surface area contributed by atoms with Crippen molar-refractivity contribution in [2.45, 2.75) is 32.9 Å². The number of anilines is 1. The number of amides is 2. The van der Waals surface area contributed by atoms with Crippen LogP contribution >= 0.6 is 0 Å². The summed E-state index contributed by atoms with van der Waals surface area (Å²) in [4.78, 5) is 34.8. The lowest BCUT2D eigenvalue weighted by atomic mass is 10.1. The van der Waals surface area contributed by atoms with Crippen molar-refractivity contribution in [1.29, 1.82) is 0 Å². The second-order valence-corrected chi connectivity index (χ2v) is 6.26. The Kier molecular flexibility index (Phi) is 6.17. The van der Waals surface area contributed by atoms with Crippen LogP contribution in [-0.4, -0.2) is 39.5 Å². The third-order valence-electron chi connectivity index (χ3n) is 3.84. The van der Waals surface area contributed by atoms with Crippen LogP contribution in [0.3, 0.4) is 0 Å². The summed E-state index contributed by atoms with van der Waals surface area (Å²) in [5, 5.41) is 18.3. The molecule has 0 atom stereocenters. The molecule has 0 aliphatic rings. The number of urea groups is 1. The summed E-state index contributed by atoms with van der Waals surface area (Å²) in [7, 11) is 0. The van der Waals surface area contributed by atoms with Gasteiger partial charge in [-0.15, -0.1) is 0 Å². The average molecular weight is 374 g/mol. The Balaban J connectivity index is 1.92. The molecule has 2 rings (SSSR count). The topological polar surface area (TPSA) is 123 Å². The minimum Gasteiger partial charge on any atom is -0.478 e. The highest BCUT2D eigenvalue weighted by atomic mass is 16.5. The molecule has 3 N–H and O–H groups in total. The van der Waals surface area contributed by atoms with Gasteiger partial charge in [0.15, 0.2) is 5.54 Å². The molecule has 0 aliphatic heterocycles. The molecule has 9 nitrogen and oxygen atoms in total. The minimum absolute atomic E-state index is 0.180. The number of carboxylic acids is 1. The zero-order valence-electron chi connectivity index (χ0n) is 15.4. The summed E-state index contributed by atoms with van der Waals surface area (Å²) in [5.41, 5.74) is 0.360. The Morgan fingerprint density at radius 1 is 1.22 bits per heavy atom. The molecule has 0 bridgehead atoms. The SMILES string of the molecule is CCOC(=O)C(C)(C)n1cc(NC(=O)NCc2ccc(C(=O)O)cc2)cn1. The van der Waals surface area contributed by atoms with E-state index in [-0.39, 0.29) is 18.7 Å². The van der Waals surface area contributed by atoms with E-state index in [2.05, 4.69) is 15.7 Å². The predicted molar refractivity (Wildman–Crippen MR) is 97.4 cm³/mol. The fourth-order valence-corrected chi connectivity index (χ4v) is 2.22. The molecule has 0 fully saturated rings. The van der Waals surface area contributed by atoms with Crippen LogP contribution < -0.4 is 10.6 Å². The van der Waals surface area contributed by atoms with Gasteiger partial charge in [0, 0.05) is 12.7 Å². The summed E-state index contributed by atoms with van der Waals surface area (Å²) < 4.78 is 6.45. The fraction of sp³-hybridized carbons (Fsp3) is 0.333. The van der Waals surface area contributed by atoms with Crippen LogP contribution in [0.5, 0.6) is 0 Å². The number of esters is 1. The number of rotatable bonds is 7. The van der Waals surface area contributed by atoms with E-state index in [1.807, 2.05) is 0 Å². The molecule has 27 heavy (non-hydrogen) atoms. The highest BCUT2D eigenvalue weighted by Crippen LogP contribution is 2.19. The van der Waals surface area contributed by atoms with Crippen LogP contribution in [-0.2, 0) is 21.6 Å². The maximum Gasteiger partial charge on any atom is 0.335 e. The van der Waals surface area contributed by atoms with Crippen molar-refractivity contribution in [3.05, 3.63) is 47.8 Å². The molecule has 1 aromatic heterocycles. The number of hydrogen-bond acceptors (Lipinski definition) is 5. The zero-order chi connectivity index (χ0) is 20.0. The van der Waals surface area contributed by atoms with Gasteiger partial charge in [-0.1, -0.05) is 12.1 Å². The molecule has 0 aliphatic carbocycles. The molecule has 0 unspecified atom stereocenters. The van der Waals surface area contributed by atoms with Crippen molar-refractivity contribution in [3.8, 4) is 0 Å². The summed E-state index contributed by atoms with van der Waals surface area (Å²) >= 11 is 0. The van der Waals surface area contributed by atoms with Gasteiger partial charge in [0.1, 0.15) is 0 Å². The van der Waals surface area contributed by atoms with Crippen LogP contribution in [0.4, 0.5) is 10.5 Å². The highest BCUT2D eigenvalue weighted by Gasteiger charge is 2.32. The van der Waals surface area contributed by atoms with Gasteiger partial charge in [-0.3, -0.25) is 4.68 Å². The second-order valence-electron chi connectivity index (χ2n) is 6.26. The molecule has 144 valence electrons. The van der Waals surface area contributed by atoms with Crippen molar-refractivity contribution in [2.24, 2.45) is 0 Å². The number of nitrogens with zero attached hydrogens (tertiary/aromatic N) is 2. The average Bonchev–Trinajstić information content (AvgIpc) is 3.09. The van der Waals surface area contributed by atoms with Crippen LogP contribution in [0.1, 0.15) is 36.7 Å². The first-order chi connectivity index (χ1) is 12.7. The van der Waals surface area contributed by atoms with Gasteiger partial charge in [-0.25, -0.2) is 14.4 Å². The van der Waals surface area contributed by atoms with Gasteiger partial charge in [0.2, 0.25) is 0 Å². The molecule has 9 heteroatoms. The Bertz CT molecular complexity index is 827. The Hall–Kier alpha value is -3.36. The molecule has 0 radical (unpaired) electrons. The Morgan fingerprint density at radius 2 is 1.89 bits per heavy atom. The molecule has 0 saturated heterocycles. The van der Waals surface area contributed by atoms with Crippen LogP contribution in [0.15, 0.2) is 36.7 Å². The van der Waals surface area contributed by atoms with Crippen molar-refractivity contribution in [2.75, 3.05) is 11.9 Å². The van der Waals surface area contributed by atoms with Gasteiger partial charge in [0.25, 0.3) is 0 Å². The molecule has 2 aromatic rings. The number of carboxylic acid groups (broad SMARTS) is 1. The first-order valence-corrected chi connectivity index (χ1v) is 8.33. The number of ether oxygens (including phenoxy) is 1. The molecule has 0 saturated carbocycles. The molecule has 2 amide bonds. The largest absolute Gasteiger partial charge is 0.478 e. The molecule has 1 aromatic carbocycles. The first-order valence-electron chi connectivity index (χ1n) is 8.33. The Morgan fingerprint density at radius 3 is 2.48 bits per heavy atom. The molecule has 1 heterocycles. The zero-order valence-corrected chi connectivity index (χ0v) is 15.4. The summed E-state index contributed by atoms with van der Waals surface area (Å²) in [5.74, 6) is -1.43. The van der Waals surface area contributed by atoms with Crippen molar-refractivity contribution in [3.63, 3.8) is 0 Å². The normalized spacial score (nSPS) is 10.9. The van der Waals surface area contributed by atoms with Crippen LogP contribution in [0.2, 0.25) is 0 Å². The van der Waals surface area contributed by atoms with Gasteiger partial charge in [0.05, 0.1) is 24.1 Å². The number of carbonyl (C=O) groups is 3. The van der Waals surface area contributed by atoms with Crippen molar-refractivity contribution >= 4 is 23.7 Å². The first kappa shape index (κ1) is 20.0. The number of benzene rings is 1. The summed E-state index contributed by atoms with van der Waals surface area (Å²) in [6, 6.07) is 5.75. The van der Waals surface area contributed by atoms with Crippen LogP contribution in [0.25, 0.3) is 0 Å². The van der Waals surface area contributed by atoms with Gasteiger partial charge in [-0.2, -0.15) is 5.10 Å². The monoisotopic (exact) mass is 374 g/mol. The number of aromatic nitrogens is 2. The van der Waals surface area contributed by atoms with E-state index in [0.29, 0.717) is 5.69 Å². The molecule has 0 spiro atoms. The van der Waals surface area contributed by atoms with E-state index >= 15 is 0 Å².